The molecule has 0 spiro atoms. The molecule has 3 aromatic rings. The predicted molar refractivity (Wildman–Crippen MR) is 99.8 cm³/mol. The van der Waals surface area contributed by atoms with E-state index in [1.54, 1.807) is 43.6 Å². The van der Waals surface area contributed by atoms with Gasteiger partial charge < -0.3 is 9.73 Å². The molecule has 0 unspecified atom stereocenters. The smallest absolute Gasteiger partial charge is 0.288 e. The van der Waals surface area contributed by atoms with Gasteiger partial charge in [-0.2, -0.15) is 8.78 Å². The molecule has 10 heteroatoms. The van der Waals surface area contributed by atoms with Crippen molar-refractivity contribution in [2.24, 2.45) is 0 Å². The molecule has 0 bridgehead atoms. The van der Waals surface area contributed by atoms with Gasteiger partial charge in [0.25, 0.3) is 11.0 Å². The van der Waals surface area contributed by atoms with Gasteiger partial charge in [-0.3, -0.25) is 9.78 Å². The van der Waals surface area contributed by atoms with Crippen LogP contribution in [0.4, 0.5) is 14.5 Å². The molecule has 0 aliphatic carbocycles. The third-order valence-corrected chi connectivity index (χ3v) is 4.97. The van der Waals surface area contributed by atoms with E-state index in [1.807, 2.05) is 0 Å². The lowest BCUT2D eigenvalue weighted by Crippen LogP contribution is -2.22. The SMILES string of the molecule is C[C@@H](Sc1nnc(-c2cccnc2)o1)C(=O)Nc1ccc(SC(F)F)cc1. The highest BCUT2D eigenvalue weighted by Crippen LogP contribution is 2.28. The van der Waals surface area contributed by atoms with E-state index in [9.17, 15) is 13.6 Å². The number of aromatic nitrogens is 3. The molecule has 140 valence electrons. The van der Waals surface area contributed by atoms with E-state index in [-0.39, 0.29) is 11.1 Å². The number of anilines is 1. The molecule has 3 rings (SSSR count). The summed E-state index contributed by atoms with van der Waals surface area (Å²) in [5.74, 6) is -2.42. The Morgan fingerprint density at radius 2 is 1.93 bits per heavy atom. The number of hydrogen-bond acceptors (Lipinski definition) is 7. The average Bonchev–Trinajstić information content (AvgIpc) is 3.12. The standard InChI is InChI=1S/C17H14F2N4O2S2/c1-10(14(24)21-12-4-6-13(7-5-12)27-16(18)19)26-17-23-22-15(25-17)11-3-2-8-20-9-11/h2-10,16H,1H3,(H,21,24)/t10-/m1/s1. The second-order valence-corrected chi connectivity index (χ2v) is 7.62. The number of halogens is 2. The minimum atomic E-state index is -2.48. The maximum absolute atomic E-state index is 12.3. The van der Waals surface area contributed by atoms with Gasteiger partial charge >= 0.3 is 0 Å². The van der Waals surface area contributed by atoms with Crippen molar-refractivity contribution >= 4 is 35.1 Å². The van der Waals surface area contributed by atoms with Crippen LogP contribution in [0.2, 0.25) is 0 Å². The second kappa shape index (κ2) is 8.96. The molecule has 0 fully saturated rings. The molecule has 0 saturated heterocycles. The van der Waals surface area contributed by atoms with Gasteiger partial charge in [-0.05, 0) is 43.3 Å². The summed E-state index contributed by atoms with van der Waals surface area (Å²) in [4.78, 5) is 16.7. The molecule has 2 aromatic heterocycles. The van der Waals surface area contributed by atoms with Crippen molar-refractivity contribution in [1.29, 1.82) is 0 Å². The van der Waals surface area contributed by atoms with Crippen LogP contribution in [0.5, 0.6) is 0 Å². The number of amides is 1. The van der Waals surface area contributed by atoms with E-state index in [1.165, 1.54) is 12.1 Å². The summed E-state index contributed by atoms with van der Waals surface area (Å²) in [6.07, 6.45) is 3.24. The van der Waals surface area contributed by atoms with Crippen molar-refractivity contribution < 1.29 is 18.0 Å². The first-order chi connectivity index (χ1) is 13.0. The summed E-state index contributed by atoms with van der Waals surface area (Å²) >= 11 is 1.57. The highest BCUT2D eigenvalue weighted by Gasteiger charge is 2.19. The third kappa shape index (κ3) is 5.51. The quantitative estimate of drug-likeness (QED) is 0.574. The van der Waals surface area contributed by atoms with Gasteiger partial charge in [0.2, 0.25) is 11.8 Å². The van der Waals surface area contributed by atoms with Gasteiger partial charge in [0.1, 0.15) is 0 Å². The number of alkyl halides is 2. The molecule has 1 N–H and O–H groups in total. The van der Waals surface area contributed by atoms with Crippen LogP contribution >= 0.6 is 23.5 Å². The number of nitrogens with one attached hydrogen (secondary N) is 1. The Hall–Kier alpha value is -2.46. The lowest BCUT2D eigenvalue weighted by atomic mass is 10.3. The van der Waals surface area contributed by atoms with Crippen molar-refractivity contribution in [1.82, 2.24) is 15.2 Å². The van der Waals surface area contributed by atoms with Crippen LogP contribution in [0.25, 0.3) is 11.5 Å². The fourth-order valence-electron chi connectivity index (χ4n) is 2.03. The molecular weight excluding hydrogens is 394 g/mol. The number of hydrogen-bond donors (Lipinski definition) is 1. The van der Waals surface area contributed by atoms with E-state index in [2.05, 4.69) is 20.5 Å². The largest absolute Gasteiger partial charge is 0.411 e. The fourth-order valence-corrected chi connectivity index (χ4v) is 3.21. The lowest BCUT2D eigenvalue weighted by Gasteiger charge is -2.10. The Kier molecular flexibility index (Phi) is 6.40. The Morgan fingerprint density at radius 3 is 2.59 bits per heavy atom. The molecule has 1 aromatic carbocycles. The van der Waals surface area contributed by atoms with Gasteiger partial charge in [0, 0.05) is 23.0 Å². The number of benzene rings is 1. The summed E-state index contributed by atoms with van der Waals surface area (Å²) in [7, 11) is 0. The normalized spacial score (nSPS) is 12.1. The lowest BCUT2D eigenvalue weighted by molar-refractivity contribution is -0.115. The number of carbonyl (C=O) groups excluding carboxylic acids is 1. The number of rotatable bonds is 7. The Morgan fingerprint density at radius 1 is 1.15 bits per heavy atom. The maximum Gasteiger partial charge on any atom is 0.288 e. The topological polar surface area (TPSA) is 80.9 Å². The van der Waals surface area contributed by atoms with Crippen LogP contribution in [-0.4, -0.2) is 32.1 Å². The maximum atomic E-state index is 12.3. The number of thioether (sulfide) groups is 2. The Bertz CT molecular complexity index is 891. The first-order valence-corrected chi connectivity index (χ1v) is 9.53. The summed E-state index contributed by atoms with van der Waals surface area (Å²) in [5.41, 5.74) is 1.21. The zero-order valence-electron chi connectivity index (χ0n) is 14.0. The summed E-state index contributed by atoms with van der Waals surface area (Å²) in [5, 5.41) is 10.4. The molecular formula is C17H14F2N4O2S2. The molecule has 6 nitrogen and oxygen atoms in total. The molecule has 0 saturated carbocycles. The van der Waals surface area contributed by atoms with Crippen LogP contribution in [0.15, 0.2) is 63.3 Å². The van der Waals surface area contributed by atoms with E-state index in [0.29, 0.717) is 33.8 Å². The Labute approximate surface area is 162 Å². The zero-order valence-corrected chi connectivity index (χ0v) is 15.6. The first kappa shape index (κ1) is 19.3. The highest BCUT2D eigenvalue weighted by atomic mass is 32.2. The first-order valence-electron chi connectivity index (χ1n) is 7.77. The highest BCUT2D eigenvalue weighted by molar-refractivity contribution is 8.00. The predicted octanol–water partition coefficient (Wildman–Crippen LogP) is 4.57. The van der Waals surface area contributed by atoms with Crippen LogP contribution in [0.1, 0.15) is 6.92 Å². The molecule has 0 aliphatic heterocycles. The Balaban J connectivity index is 1.57. The van der Waals surface area contributed by atoms with Crippen molar-refractivity contribution in [3.8, 4) is 11.5 Å². The molecule has 0 radical (unpaired) electrons. The minimum absolute atomic E-state index is 0.264. The van der Waals surface area contributed by atoms with E-state index in [4.69, 9.17) is 4.42 Å². The number of pyridine rings is 1. The van der Waals surface area contributed by atoms with Gasteiger partial charge in [0.15, 0.2) is 0 Å². The molecule has 2 heterocycles. The molecule has 1 atom stereocenters. The second-order valence-electron chi connectivity index (χ2n) is 5.27. The van der Waals surface area contributed by atoms with Crippen LogP contribution in [0, 0.1) is 0 Å². The molecule has 27 heavy (non-hydrogen) atoms. The van der Waals surface area contributed by atoms with Gasteiger partial charge in [-0.25, -0.2) is 0 Å². The number of nitrogens with zero attached hydrogens (tertiary/aromatic N) is 3. The minimum Gasteiger partial charge on any atom is -0.411 e. The zero-order chi connectivity index (χ0) is 19.2. The van der Waals surface area contributed by atoms with Crippen molar-refractivity contribution in [2.75, 3.05) is 5.32 Å². The van der Waals surface area contributed by atoms with Crippen molar-refractivity contribution in [3.05, 3.63) is 48.8 Å². The van der Waals surface area contributed by atoms with Gasteiger partial charge in [0.05, 0.1) is 10.8 Å². The van der Waals surface area contributed by atoms with Gasteiger partial charge in [-0.15, -0.1) is 10.2 Å². The van der Waals surface area contributed by atoms with Crippen molar-refractivity contribution in [2.45, 2.75) is 28.0 Å². The monoisotopic (exact) mass is 408 g/mol. The van der Waals surface area contributed by atoms with Gasteiger partial charge in [-0.1, -0.05) is 23.5 Å². The fraction of sp³-hybridized carbons (Fsp3) is 0.176. The number of carbonyl (C=O) groups is 1. The van der Waals surface area contributed by atoms with E-state index in [0.717, 1.165) is 11.8 Å². The van der Waals surface area contributed by atoms with Crippen molar-refractivity contribution in [3.63, 3.8) is 0 Å². The molecule has 0 aliphatic rings. The van der Waals surface area contributed by atoms with Crippen LogP contribution < -0.4 is 5.32 Å². The summed E-state index contributed by atoms with van der Waals surface area (Å²) < 4.78 is 30.2. The average molecular weight is 408 g/mol. The van der Waals surface area contributed by atoms with Crippen LogP contribution in [0.3, 0.4) is 0 Å². The summed E-state index contributed by atoms with van der Waals surface area (Å²) in [6.45, 7) is 1.70. The van der Waals surface area contributed by atoms with E-state index >= 15 is 0 Å². The van der Waals surface area contributed by atoms with Crippen LogP contribution in [-0.2, 0) is 4.79 Å². The molecule has 1 amide bonds. The summed E-state index contributed by atoms with van der Waals surface area (Å²) in [6, 6.07) is 9.76. The van der Waals surface area contributed by atoms with E-state index < -0.39 is 11.0 Å². The third-order valence-electron chi connectivity index (χ3n) is 3.31.